The predicted molar refractivity (Wildman–Crippen MR) is 99.6 cm³/mol. The topological polar surface area (TPSA) is 61.4 Å². The van der Waals surface area contributed by atoms with E-state index in [2.05, 4.69) is 10.6 Å². The van der Waals surface area contributed by atoms with Crippen LogP contribution in [-0.4, -0.2) is 48.4 Å². The molecule has 0 aromatic carbocycles. The molecule has 0 radical (unpaired) electrons. The SMILES string of the molecule is Cl.O=C(NCC1CC1)C1CCCN(C(=O)C2CC3CCCCC3N2)C1. The molecular weight excluding hydrogens is 338 g/mol. The Labute approximate surface area is 157 Å². The molecule has 2 aliphatic carbocycles. The zero-order chi connectivity index (χ0) is 16.5. The second kappa shape index (κ2) is 8.26. The fourth-order valence-electron chi connectivity index (χ4n) is 4.83. The highest BCUT2D eigenvalue weighted by molar-refractivity contribution is 5.85. The van der Waals surface area contributed by atoms with E-state index in [9.17, 15) is 9.59 Å². The van der Waals surface area contributed by atoms with Crippen molar-refractivity contribution in [1.29, 1.82) is 0 Å². The summed E-state index contributed by atoms with van der Waals surface area (Å²) in [6, 6.07) is 0.543. The van der Waals surface area contributed by atoms with Gasteiger partial charge in [0.15, 0.2) is 0 Å². The molecule has 4 rings (SSSR count). The van der Waals surface area contributed by atoms with Crippen molar-refractivity contribution in [2.24, 2.45) is 17.8 Å². The number of piperidine rings is 1. The fourth-order valence-corrected chi connectivity index (χ4v) is 4.83. The van der Waals surface area contributed by atoms with E-state index in [1.165, 1.54) is 38.5 Å². The highest BCUT2D eigenvalue weighted by Gasteiger charge is 2.41. The van der Waals surface area contributed by atoms with Crippen LogP contribution < -0.4 is 10.6 Å². The lowest BCUT2D eigenvalue weighted by molar-refractivity contribution is -0.137. The van der Waals surface area contributed by atoms with Crippen LogP contribution in [0, 0.1) is 17.8 Å². The molecule has 5 nitrogen and oxygen atoms in total. The minimum atomic E-state index is -0.00914. The molecule has 4 atom stereocenters. The van der Waals surface area contributed by atoms with E-state index in [4.69, 9.17) is 0 Å². The molecule has 0 aromatic heterocycles. The first-order valence-corrected chi connectivity index (χ1v) is 10.0. The van der Waals surface area contributed by atoms with Crippen molar-refractivity contribution in [2.75, 3.05) is 19.6 Å². The number of halogens is 1. The maximum absolute atomic E-state index is 12.9. The van der Waals surface area contributed by atoms with Crippen molar-refractivity contribution < 1.29 is 9.59 Å². The van der Waals surface area contributed by atoms with Crippen molar-refractivity contribution in [3.8, 4) is 0 Å². The Balaban J connectivity index is 0.00000182. The fraction of sp³-hybridized carbons (Fsp3) is 0.895. The number of hydrogen-bond donors (Lipinski definition) is 2. The molecule has 0 aromatic rings. The minimum absolute atomic E-state index is 0. The van der Waals surface area contributed by atoms with E-state index in [1.807, 2.05) is 4.90 Å². The number of rotatable bonds is 4. The Kier molecular flexibility index (Phi) is 6.26. The third kappa shape index (κ3) is 4.48. The molecule has 4 aliphatic rings. The summed E-state index contributed by atoms with van der Waals surface area (Å²) in [5.74, 6) is 1.79. The Morgan fingerprint density at radius 1 is 1.04 bits per heavy atom. The van der Waals surface area contributed by atoms with E-state index < -0.39 is 0 Å². The van der Waals surface area contributed by atoms with Gasteiger partial charge in [0.05, 0.1) is 12.0 Å². The average Bonchev–Trinajstić information content (AvgIpc) is 3.35. The molecule has 25 heavy (non-hydrogen) atoms. The Bertz CT molecular complexity index is 483. The molecule has 2 N–H and O–H groups in total. The number of fused-ring (bicyclic) bond motifs is 1. The molecule has 2 aliphatic heterocycles. The number of hydrogen-bond acceptors (Lipinski definition) is 3. The summed E-state index contributed by atoms with van der Waals surface area (Å²) in [6.45, 7) is 2.26. The Morgan fingerprint density at radius 3 is 2.60 bits per heavy atom. The molecule has 0 bridgehead atoms. The third-order valence-corrected chi connectivity index (χ3v) is 6.53. The van der Waals surface area contributed by atoms with Gasteiger partial charge in [0.25, 0.3) is 0 Å². The van der Waals surface area contributed by atoms with Crippen molar-refractivity contribution in [3.63, 3.8) is 0 Å². The summed E-state index contributed by atoms with van der Waals surface area (Å²) in [7, 11) is 0. The van der Waals surface area contributed by atoms with E-state index >= 15 is 0 Å². The van der Waals surface area contributed by atoms with Crippen LogP contribution in [0.25, 0.3) is 0 Å². The van der Waals surface area contributed by atoms with E-state index in [0.29, 0.717) is 24.4 Å². The predicted octanol–water partition coefficient (Wildman–Crippen LogP) is 2.09. The molecule has 4 fully saturated rings. The molecule has 142 valence electrons. The summed E-state index contributed by atoms with van der Waals surface area (Å²) in [5, 5.41) is 6.68. The molecule has 4 unspecified atom stereocenters. The average molecular weight is 370 g/mol. The highest BCUT2D eigenvalue weighted by Crippen LogP contribution is 2.34. The summed E-state index contributed by atoms with van der Waals surface area (Å²) in [4.78, 5) is 27.2. The second-order valence-electron chi connectivity index (χ2n) is 8.42. The molecule has 6 heteroatoms. The lowest BCUT2D eigenvalue weighted by atomic mass is 9.85. The van der Waals surface area contributed by atoms with Gasteiger partial charge in [-0.2, -0.15) is 0 Å². The van der Waals surface area contributed by atoms with Gasteiger partial charge in [0.1, 0.15) is 0 Å². The molecule has 0 spiro atoms. The van der Waals surface area contributed by atoms with Crippen LogP contribution in [0.3, 0.4) is 0 Å². The van der Waals surface area contributed by atoms with Gasteiger partial charge in [0.2, 0.25) is 11.8 Å². The second-order valence-corrected chi connectivity index (χ2v) is 8.42. The van der Waals surface area contributed by atoms with Crippen LogP contribution >= 0.6 is 12.4 Å². The van der Waals surface area contributed by atoms with Gasteiger partial charge in [-0.05, 0) is 56.8 Å². The largest absolute Gasteiger partial charge is 0.356 e. The molecule has 2 amide bonds. The normalized spacial score (nSPS) is 34.8. The zero-order valence-corrected chi connectivity index (χ0v) is 15.9. The van der Waals surface area contributed by atoms with Crippen LogP contribution in [0.2, 0.25) is 0 Å². The van der Waals surface area contributed by atoms with Crippen LogP contribution in [0.15, 0.2) is 0 Å². The number of carbonyl (C=O) groups excluding carboxylic acids is 2. The highest BCUT2D eigenvalue weighted by atomic mass is 35.5. The molecule has 2 saturated heterocycles. The first-order valence-electron chi connectivity index (χ1n) is 10.0. The van der Waals surface area contributed by atoms with E-state index in [1.54, 1.807) is 0 Å². The molecule has 2 saturated carbocycles. The van der Waals surface area contributed by atoms with Gasteiger partial charge in [-0.1, -0.05) is 12.8 Å². The third-order valence-electron chi connectivity index (χ3n) is 6.53. The van der Waals surface area contributed by atoms with Crippen LogP contribution in [0.1, 0.15) is 57.8 Å². The quantitative estimate of drug-likeness (QED) is 0.797. The summed E-state index contributed by atoms with van der Waals surface area (Å²) >= 11 is 0. The standard InChI is InChI=1S/C19H31N3O2.ClH/c23-18(20-11-13-7-8-13)15-5-3-9-22(12-15)19(24)17-10-14-4-1-2-6-16(14)21-17;/h13-17,21H,1-12H2,(H,20,23);1H. The van der Waals surface area contributed by atoms with Crippen molar-refractivity contribution in [3.05, 3.63) is 0 Å². The Morgan fingerprint density at radius 2 is 1.84 bits per heavy atom. The number of amides is 2. The first kappa shape index (κ1) is 19.0. The number of carbonyl (C=O) groups is 2. The number of nitrogens with zero attached hydrogens (tertiary/aromatic N) is 1. The summed E-state index contributed by atoms with van der Waals surface area (Å²) in [5.41, 5.74) is 0. The first-order chi connectivity index (χ1) is 11.7. The van der Waals surface area contributed by atoms with Gasteiger partial charge >= 0.3 is 0 Å². The number of likely N-dealkylation sites (tertiary alicyclic amines) is 1. The van der Waals surface area contributed by atoms with Gasteiger partial charge in [0, 0.05) is 25.7 Å². The smallest absolute Gasteiger partial charge is 0.239 e. The lowest BCUT2D eigenvalue weighted by Crippen LogP contribution is -2.51. The Hall–Kier alpha value is -0.810. The molecular formula is C19H32ClN3O2. The lowest BCUT2D eigenvalue weighted by Gasteiger charge is -2.33. The monoisotopic (exact) mass is 369 g/mol. The van der Waals surface area contributed by atoms with E-state index in [0.717, 1.165) is 32.4 Å². The maximum atomic E-state index is 12.9. The van der Waals surface area contributed by atoms with Crippen LogP contribution in [0.5, 0.6) is 0 Å². The van der Waals surface area contributed by atoms with Gasteiger partial charge in [-0.25, -0.2) is 0 Å². The number of nitrogens with one attached hydrogen (secondary N) is 2. The summed E-state index contributed by atoms with van der Waals surface area (Å²) < 4.78 is 0. The van der Waals surface area contributed by atoms with Gasteiger partial charge in [-0.3, -0.25) is 9.59 Å². The van der Waals surface area contributed by atoms with Gasteiger partial charge in [-0.15, -0.1) is 12.4 Å². The van der Waals surface area contributed by atoms with Crippen molar-refractivity contribution >= 4 is 24.2 Å². The van der Waals surface area contributed by atoms with Gasteiger partial charge < -0.3 is 15.5 Å². The zero-order valence-electron chi connectivity index (χ0n) is 15.0. The summed E-state index contributed by atoms with van der Waals surface area (Å²) in [6.07, 6.45) is 10.5. The van der Waals surface area contributed by atoms with Crippen LogP contribution in [0.4, 0.5) is 0 Å². The van der Waals surface area contributed by atoms with E-state index in [-0.39, 0.29) is 36.2 Å². The maximum Gasteiger partial charge on any atom is 0.239 e. The van der Waals surface area contributed by atoms with Crippen molar-refractivity contribution in [1.82, 2.24) is 15.5 Å². The van der Waals surface area contributed by atoms with Crippen LogP contribution in [-0.2, 0) is 9.59 Å². The molecule has 2 heterocycles. The minimum Gasteiger partial charge on any atom is -0.356 e. The van der Waals surface area contributed by atoms with Crippen molar-refractivity contribution in [2.45, 2.75) is 69.9 Å².